The van der Waals surface area contributed by atoms with Crippen molar-refractivity contribution < 1.29 is 18.3 Å². The van der Waals surface area contributed by atoms with Gasteiger partial charge in [0.1, 0.15) is 6.04 Å². The van der Waals surface area contributed by atoms with Crippen LogP contribution in [0.25, 0.3) is 20.2 Å². The summed E-state index contributed by atoms with van der Waals surface area (Å²) < 4.78 is 29.5. The first-order valence-electron chi connectivity index (χ1n) is 8.12. The van der Waals surface area contributed by atoms with Crippen molar-refractivity contribution in [2.45, 2.75) is 24.8 Å². The summed E-state index contributed by atoms with van der Waals surface area (Å²) in [4.78, 5) is 11.4. The highest BCUT2D eigenvalue weighted by Crippen LogP contribution is 2.36. The van der Waals surface area contributed by atoms with Crippen molar-refractivity contribution in [1.82, 2.24) is 4.72 Å². The summed E-state index contributed by atoms with van der Waals surface area (Å²) in [5.41, 5.74) is 0.986. The van der Waals surface area contributed by atoms with Crippen molar-refractivity contribution in [2.24, 2.45) is 5.92 Å². The molecule has 0 saturated carbocycles. The lowest BCUT2D eigenvalue weighted by atomic mass is 10.1. The van der Waals surface area contributed by atoms with Gasteiger partial charge in [0, 0.05) is 32.9 Å². The van der Waals surface area contributed by atoms with Crippen molar-refractivity contribution in [3.05, 3.63) is 36.4 Å². The molecule has 0 bridgehead atoms. The van der Waals surface area contributed by atoms with Crippen molar-refractivity contribution in [3.8, 4) is 0 Å². The Morgan fingerprint density at radius 3 is 2.27 bits per heavy atom. The van der Waals surface area contributed by atoms with E-state index in [2.05, 4.69) is 10.0 Å². The number of nitrogens with one attached hydrogen (secondary N) is 2. The average molecular weight is 393 g/mol. The minimum atomic E-state index is -3.93. The number of thiophene rings is 1. The van der Waals surface area contributed by atoms with E-state index in [4.69, 9.17) is 0 Å². The molecule has 0 spiro atoms. The molecule has 0 unspecified atom stereocenters. The maximum Gasteiger partial charge on any atom is 0.322 e. The first-order chi connectivity index (χ1) is 12.2. The second kappa shape index (κ2) is 6.86. The van der Waals surface area contributed by atoms with E-state index in [9.17, 15) is 18.3 Å². The molecule has 138 valence electrons. The van der Waals surface area contributed by atoms with E-state index in [1.807, 2.05) is 25.2 Å². The number of anilines is 1. The molecule has 1 atom stereocenters. The van der Waals surface area contributed by atoms with Crippen LogP contribution in [0, 0.1) is 5.92 Å². The van der Waals surface area contributed by atoms with E-state index in [0.29, 0.717) is 0 Å². The van der Waals surface area contributed by atoms with Gasteiger partial charge in [0.05, 0.1) is 4.90 Å². The van der Waals surface area contributed by atoms with Crippen LogP contribution in [-0.4, -0.2) is 32.6 Å². The molecule has 1 heterocycles. The van der Waals surface area contributed by atoms with Gasteiger partial charge in [0.2, 0.25) is 10.0 Å². The molecule has 8 heteroatoms. The van der Waals surface area contributed by atoms with Crippen LogP contribution in [0.1, 0.15) is 13.8 Å². The molecular formula is C18H20N2O4S2. The Morgan fingerprint density at radius 2 is 1.69 bits per heavy atom. The number of hydrogen-bond acceptors (Lipinski definition) is 5. The van der Waals surface area contributed by atoms with Crippen LogP contribution >= 0.6 is 11.3 Å². The molecule has 2 aromatic carbocycles. The minimum absolute atomic E-state index is 0.0669. The second-order valence-electron chi connectivity index (χ2n) is 6.40. The van der Waals surface area contributed by atoms with Gasteiger partial charge in [-0.05, 0) is 30.2 Å². The lowest BCUT2D eigenvalue weighted by Crippen LogP contribution is -2.44. The number of aliphatic carboxylic acids is 1. The largest absolute Gasteiger partial charge is 0.480 e. The Kier molecular flexibility index (Phi) is 4.92. The predicted molar refractivity (Wildman–Crippen MR) is 105 cm³/mol. The zero-order valence-corrected chi connectivity index (χ0v) is 16.2. The van der Waals surface area contributed by atoms with E-state index in [1.54, 1.807) is 26.0 Å². The van der Waals surface area contributed by atoms with Crippen LogP contribution in [0.4, 0.5) is 5.69 Å². The number of carboxylic acids is 1. The lowest BCUT2D eigenvalue weighted by molar-refractivity contribution is -0.140. The molecule has 26 heavy (non-hydrogen) atoms. The van der Waals surface area contributed by atoms with E-state index in [1.165, 1.54) is 17.4 Å². The first-order valence-corrected chi connectivity index (χ1v) is 10.4. The van der Waals surface area contributed by atoms with Crippen LogP contribution in [0.2, 0.25) is 0 Å². The van der Waals surface area contributed by atoms with Crippen molar-refractivity contribution >= 4 is 53.2 Å². The Hall–Kier alpha value is -2.16. The smallest absolute Gasteiger partial charge is 0.322 e. The third kappa shape index (κ3) is 3.40. The van der Waals surface area contributed by atoms with Crippen LogP contribution in [0.15, 0.2) is 41.3 Å². The highest BCUT2D eigenvalue weighted by Gasteiger charge is 2.28. The lowest BCUT2D eigenvalue weighted by Gasteiger charge is -2.18. The van der Waals surface area contributed by atoms with Gasteiger partial charge < -0.3 is 10.4 Å². The molecule has 0 fully saturated rings. The van der Waals surface area contributed by atoms with Gasteiger partial charge >= 0.3 is 5.97 Å². The van der Waals surface area contributed by atoms with Crippen LogP contribution in [0.5, 0.6) is 0 Å². The summed E-state index contributed by atoms with van der Waals surface area (Å²) in [6.07, 6.45) is 0. The van der Waals surface area contributed by atoms with Crippen LogP contribution < -0.4 is 10.0 Å². The molecule has 0 aliphatic heterocycles. The highest BCUT2D eigenvalue weighted by atomic mass is 32.2. The molecule has 0 saturated heterocycles. The number of sulfonamides is 1. The number of fused-ring (bicyclic) bond motifs is 3. The summed E-state index contributed by atoms with van der Waals surface area (Å²) in [5.74, 6) is -1.55. The zero-order valence-electron chi connectivity index (χ0n) is 14.6. The Morgan fingerprint density at radius 1 is 1.08 bits per heavy atom. The number of carbonyl (C=O) groups is 1. The molecule has 6 nitrogen and oxygen atoms in total. The standard InChI is InChI=1S/C18H20N2O4S2/c1-10(2)17(18(21)22)20-26(23,24)12-5-7-14-13-6-4-11(19-3)8-15(13)25-16(14)9-12/h4-10,17,19-20H,1-3H3,(H,21,22)/t17-/m0/s1. The predicted octanol–water partition coefficient (Wildman–Crippen LogP) is 3.48. The molecular weight excluding hydrogens is 372 g/mol. The molecule has 0 aliphatic rings. The second-order valence-corrected chi connectivity index (χ2v) is 9.20. The Labute approximate surface area is 155 Å². The fourth-order valence-electron chi connectivity index (χ4n) is 2.79. The van der Waals surface area contributed by atoms with Gasteiger partial charge in [-0.1, -0.05) is 26.0 Å². The fraction of sp³-hybridized carbons (Fsp3) is 0.278. The molecule has 3 aromatic rings. The SMILES string of the molecule is CNc1ccc2c(c1)sc1cc(S(=O)(=O)N[C@H](C(=O)O)C(C)C)ccc12. The van der Waals surface area contributed by atoms with Gasteiger partial charge in [0.15, 0.2) is 0 Å². The molecule has 3 rings (SSSR count). The normalized spacial score (nSPS) is 13.4. The summed E-state index contributed by atoms with van der Waals surface area (Å²) >= 11 is 1.50. The topological polar surface area (TPSA) is 95.5 Å². The van der Waals surface area contributed by atoms with Crippen LogP contribution in [-0.2, 0) is 14.8 Å². The summed E-state index contributed by atoms with van der Waals surface area (Å²) in [7, 11) is -2.08. The van der Waals surface area contributed by atoms with Gasteiger partial charge in [-0.3, -0.25) is 4.79 Å². The highest BCUT2D eigenvalue weighted by molar-refractivity contribution is 7.89. The minimum Gasteiger partial charge on any atom is -0.480 e. The molecule has 3 N–H and O–H groups in total. The third-order valence-corrected chi connectivity index (χ3v) is 6.81. The molecule has 0 amide bonds. The van der Waals surface area contributed by atoms with Gasteiger partial charge in [-0.15, -0.1) is 11.3 Å². The third-order valence-electron chi connectivity index (χ3n) is 4.26. The number of carboxylic acid groups (broad SMARTS) is 1. The summed E-state index contributed by atoms with van der Waals surface area (Å²) in [6.45, 7) is 3.33. The van der Waals surface area contributed by atoms with Crippen molar-refractivity contribution in [3.63, 3.8) is 0 Å². The molecule has 1 aromatic heterocycles. The van der Waals surface area contributed by atoms with E-state index < -0.39 is 22.0 Å². The zero-order chi connectivity index (χ0) is 19.1. The Bertz CT molecular complexity index is 1090. The Balaban J connectivity index is 2.05. The summed E-state index contributed by atoms with van der Waals surface area (Å²) in [6, 6.07) is 9.71. The van der Waals surface area contributed by atoms with E-state index in [-0.39, 0.29) is 10.8 Å². The number of hydrogen-bond donors (Lipinski definition) is 3. The van der Waals surface area contributed by atoms with Gasteiger partial charge in [-0.2, -0.15) is 4.72 Å². The van der Waals surface area contributed by atoms with Crippen molar-refractivity contribution in [2.75, 3.05) is 12.4 Å². The fourth-order valence-corrected chi connectivity index (χ4v) is 5.41. The maximum atomic E-state index is 12.6. The maximum absolute atomic E-state index is 12.6. The number of rotatable bonds is 6. The average Bonchev–Trinajstić information content (AvgIpc) is 2.95. The monoisotopic (exact) mass is 392 g/mol. The first kappa shape index (κ1) is 18.6. The quantitative estimate of drug-likeness (QED) is 0.597. The van der Waals surface area contributed by atoms with E-state index >= 15 is 0 Å². The molecule has 0 aliphatic carbocycles. The molecule has 0 radical (unpaired) electrons. The number of benzene rings is 2. The van der Waals surface area contributed by atoms with E-state index in [0.717, 1.165) is 25.9 Å². The van der Waals surface area contributed by atoms with Crippen LogP contribution in [0.3, 0.4) is 0 Å². The van der Waals surface area contributed by atoms with Crippen molar-refractivity contribution in [1.29, 1.82) is 0 Å². The summed E-state index contributed by atoms with van der Waals surface area (Å²) in [5, 5.41) is 14.4. The van der Waals surface area contributed by atoms with Gasteiger partial charge in [-0.25, -0.2) is 8.42 Å². The van der Waals surface area contributed by atoms with Gasteiger partial charge in [0.25, 0.3) is 0 Å².